The molecule has 1 spiro atoms. The fourth-order valence-corrected chi connectivity index (χ4v) is 6.70. The molecule has 3 rings (SSSR count). The van der Waals surface area contributed by atoms with Crippen molar-refractivity contribution in [3.8, 4) is 0 Å². The molecule has 2 aliphatic carbocycles. The Labute approximate surface area is 155 Å². The summed E-state index contributed by atoms with van der Waals surface area (Å²) in [6, 6.07) is 0. The van der Waals surface area contributed by atoms with Crippen molar-refractivity contribution in [1.29, 1.82) is 0 Å². The van der Waals surface area contributed by atoms with E-state index in [1.165, 1.54) is 0 Å². The summed E-state index contributed by atoms with van der Waals surface area (Å²) < 4.78 is 6.60. The zero-order valence-corrected chi connectivity index (χ0v) is 16.2. The van der Waals surface area contributed by atoms with Crippen molar-refractivity contribution in [1.82, 2.24) is 0 Å². The van der Waals surface area contributed by atoms with Crippen LogP contribution in [0.2, 0.25) is 0 Å². The van der Waals surface area contributed by atoms with E-state index in [4.69, 9.17) is 4.74 Å². The average Bonchev–Trinajstić information content (AvgIpc) is 2.98. The van der Waals surface area contributed by atoms with Gasteiger partial charge in [0, 0.05) is 10.8 Å². The summed E-state index contributed by atoms with van der Waals surface area (Å²) >= 11 is 0. The molecule has 6 heteroatoms. The third-order valence-corrected chi connectivity index (χ3v) is 8.37. The van der Waals surface area contributed by atoms with E-state index in [0.717, 1.165) is 19.3 Å². The number of fused-ring (bicyclic) bond motifs is 2. The largest absolute Gasteiger partial charge is 0.481 e. The zero-order chi connectivity index (χ0) is 19.4. The molecule has 0 radical (unpaired) electrons. The lowest BCUT2D eigenvalue weighted by Crippen LogP contribution is -2.66. The molecule has 4 N–H and O–H groups in total. The van der Waals surface area contributed by atoms with Crippen LogP contribution in [-0.2, 0) is 9.53 Å². The summed E-state index contributed by atoms with van der Waals surface area (Å²) in [6.07, 6.45) is 3.73. The average molecular weight is 370 g/mol. The van der Waals surface area contributed by atoms with Crippen LogP contribution in [0.5, 0.6) is 0 Å². The van der Waals surface area contributed by atoms with Crippen LogP contribution in [0.4, 0.5) is 0 Å². The number of aliphatic carboxylic acids is 1. The smallest absolute Gasteiger partial charge is 0.306 e. The molecule has 1 aliphatic heterocycles. The number of ether oxygens (including phenoxy) is 1. The minimum Gasteiger partial charge on any atom is -0.481 e. The lowest BCUT2D eigenvalue weighted by atomic mass is 9.43. The van der Waals surface area contributed by atoms with Gasteiger partial charge < -0.3 is 25.2 Å². The Kier molecular flexibility index (Phi) is 4.96. The van der Waals surface area contributed by atoms with Gasteiger partial charge in [0.15, 0.2) is 0 Å². The fourth-order valence-electron chi connectivity index (χ4n) is 6.70. The lowest BCUT2D eigenvalue weighted by molar-refractivity contribution is -0.271. The van der Waals surface area contributed by atoms with Gasteiger partial charge in [-0.1, -0.05) is 20.8 Å². The first-order valence-corrected chi connectivity index (χ1v) is 9.91. The predicted octanol–water partition coefficient (Wildman–Crippen LogP) is 1.95. The van der Waals surface area contributed by atoms with E-state index >= 15 is 0 Å². The van der Waals surface area contributed by atoms with Crippen molar-refractivity contribution in [2.75, 3.05) is 13.2 Å². The van der Waals surface area contributed by atoms with E-state index < -0.39 is 28.7 Å². The molecule has 1 saturated heterocycles. The summed E-state index contributed by atoms with van der Waals surface area (Å²) in [6.45, 7) is 5.96. The van der Waals surface area contributed by atoms with Crippen LogP contribution in [0, 0.1) is 22.7 Å². The van der Waals surface area contributed by atoms with Gasteiger partial charge in [0.2, 0.25) is 0 Å². The number of carbonyl (C=O) groups is 1. The Bertz CT molecular complexity index is 567. The quantitative estimate of drug-likeness (QED) is 0.602. The van der Waals surface area contributed by atoms with Crippen molar-refractivity contribution >= 4 is 5.97 Å². The highest BCUT2D eigenvalue weighted by atomic mass is 16.5. The van der Waals surface area contributed by atoms with E-state index in [-0.39, 0.29) is 36.9 Å². The van der Waals surface area contributed by atoms with Crippen LogP contribution in [0.3, 0.4) is 0 Å². The Balaban J connectivity index is 2.02. The van der Waals surface area contributed by atoms with Crippen LogP contribution in [0.25, 0.3) is 0 Å². The highest BCUT2D eigenvalue weighted by molar-refractivity contribution is 5.68. The van der Waals surface area contributed by atoms with Crippen molar-refractivity contribution in [3.63, 3.8) is 0 Å². The summed E-state index contributed by atoms with van der Waals surface area (Å²) in [7, 11) is 0. The third kappa shape index (κ3) is 2.56. The number of aliphatic hydroxyl groups is 3. The molecule has 6 nitrogen and oxygen atoms in total. The van der Waals surface area contributed by atoms with Crippen LogP contribution >= 0.6 is 0 Å². The van der Waals surface area contributed by atoms with E-state index in [1.54, 1.807) is 0 Å². The van der Waals surface area contributed by atoms with Crippen LogP contribution in [0.1, 0.15) is 65.7 Å². The molecule has 0 aromatic carbocycles. The van der Waals surface area contributed by atoms with Gasteiger partial charge in [0.05, 0.1) is 31.3 Å². The maximum atomic E-state index is 11.4. The number of carboxylic acids is 1. The Morgan fingerprint density at radius 3 is 2.35 bits per heavy atom. The molecule has 3 aliphatic rings. The predicted molar refractivity (Wildman–Crippen MR) is 95.5 cm³/mol. The van der Waals surface area contributed by atoms with E-state index in [0.29, 0.717) is 19.3 Å². The zero-order valence-electron chi connectivity index (χ0n) is 16.2. The summed E-state index contributed by atoms with van der Waals surface area (Å²) in [5.74, 6) is -0.621. The van der Waals surface area contributed by atoms with E-state index in [1.807, 2.05) is 6.92 Å². The number of hydrogen-bond donors (Lipinski definition) is 4. The molecule has 3 fully saturated rings. The molecule has 0 unspecified atom stereocenters. The Hall–Kier alpha value is -0.690. The van der Waals surface area contributed by atoms with E-state index in [9.17, 15) is 25.2 Å². The Morgan fingerprint density at radius 2 is 1.77 bits per heavy atom. The molecule has 1 heterocycles. The number of rotatable bonds is 4. The summed E-state index contributed by atoms with van der Waals surface area (Å²) in [4.78, 5) is 11.4. The van der Waals surface area contributed by atoms with E-state index in [2.05, 4.69) is 13.8 Å². The second kappa shape index (κ2) is 6.43. The van der Waals surface area contributed by atoms with Gasteiger partial charge in [-0.2, -0.15) is 0 Å². The molecule has 2 saturated carbocycles. The van der Waals surface area contributed by atoms with Gasteiger partial charge in [-0.05, 0) is 50.4 Å². The van der Waals surface area contributed by atoms with Gasteiger partial charge in [0.1, 0.15) is 5.60 Å². The normalized spacial score (nSPS) is 51.4. The first-order valence-electron chi connectivity index (χ1n) is 9.91. The minimum atomic E-state index is -1.03. The van der Waals surface area contributed by atoms with Gasteiger partial charge in [0.25, 0.3) is 0 Å². The topological polar surface area (TPSA) is 107 Å². The first-order chi connectivity index (χ1) is 12.1. The maximum Gasteiger partial charge on any atom is 0.306 e. The SMILES string of the molecule is C[C@@H]1CC[C@@H]2[C@](C)(CO)[C@@H](O)CC[C@]2(C)[C@@]12CC[C@@](CO)(CC(=O)O)O2. The van der Waals surface area contributed by atoms with Gasteiger partial charge >= 0.3 is 5.97 Å². The molecular weight excluding hydrogens is 336 g/mol. The summed E-state index contributed by atoms with van der Waals surface area (Å²) in [5.41, 5.74) is -2.40. The minimum absolute atomic E-state index is 0.0703. The summed E-state index contributed by atoms with van der Waals surface area (Å²) in [5, 5.41) is 40.0. The standard InChI is InChI=1S/C20H34O6/c1-13-4-5-14-17(2,11-21)15(23)6-7-18(14,3)20(13)9-8-19(12-22,26-20)10-16(24)25/h13-15,21-23H,4-12H2,1-3H3,(H,24,25)/t13-,14-,15+,17+,18+,19+,20-/m1/s1. The fraction of sp³-hybridized carbons (Fsp3) is 0.950. The molecule has 7 atom stereocenters. The molecule has 0 aromatic rings. The highest BCUT2D eigenvalue weighted by Crippen LogP contribution is 2.67. The molecule has 0 aromatic heterocycles. The first kappa shape index (κ1) is 20.1. The lowest BCUT2D eigenvalue weighted by Gasteiger charge is -2.65. The molecule has 150 valence electrons. The molecule has 0 bridgehead atoms. The van der Waals surface area contributed by atoms with Crippen LogP contribution in [-0.4, -0.2) is 56.9 Å². The van der Waals surface area contributed by atoms with Gasteiger partial charge in [-0.15, -0.1) is 0 Å². The van der Waals surface area contributed by atoms with Gasteiger partial charge in [-0.25, -0.2) is 0 Å². The molecule has 0 amide bonds. The van der Waals surface area contributed by atoms with Crippen molar-refractivity contribution in [2.24, 2.45) is 22.7 Å². The second-order valence-corrected chi connectivity index (χ2v) is 9.57. The molecule has 26 heavy (non-hydrogen) atoms. The van der Waals surface area contributed by atoms with Crippen molar-refractivity contribution in [2.45, 2.75) is 83.0 Å². The third-order valence-electron chi connectivity index (χ3n) is 8.37. The van der Waals surface area contributed by atoms with Crippen LogP contribution in [0.15, 0.2) is 0 Å². The van der Waals surface area contributed by atoms with Crippen LogP contribution < -0.4 is 0 Å². The van der Waals surface area contributed by atoms with Gasteiger partial charge in [-0.3, -0.25) is 4.79 Å². The maximum absolute atomic E-state index is 11.4. The monoisotopic (exact) mass is 370 g/mol. The highest BCUT2D eigenvalue weighted by Gasteiger charge is 2.68. The Morgan fingerprint density at radius 1 is 1.08 bits per heavy atom. The number of hydrogen-bond acceptors (Lipinski definition) is 5. The van der Waals surface area contributed by atoms with Crippen molar-refractivity contribution < 1.29 is 30.0 Å². The number of carboxylic acid groups (broad SMARTS) is 1. The second-order valence-electron chi connectivity index (χ2n) is 9.57. The van der Waals surface area contributed by atoms with Crippen molar-refractivity contribution in [3.05, 3.63) is 0 Å². The number of aliphatic hydroxyl groups excluding tert-OH is 3. The molecular formula is C20H34O6.